The van der Waals surface area contributed by atoms with Crippen molar-refractivity contribution >= 4 is 34.5 Å². The normalized spacial score (nSPS) is 11.0. The first-order valence-electron chi connectivity index (χ1n) is 6.27. The molecule has 3 aromatic heterocycles. The van der Waals surface area contributed by atoms with Crippen LogP contribution < -0.4 is 5.73 Å². The minimum absolute atomic E-state index is 0.236. The van der Waals surface area contributed by atoms with Crippen molar-refractivity contribution in [2.24, 2.45) is 5.73 Å². The molecule has 0 aromatic carbocycles. The van der Waals surface area contributed by atoms with Crippen LogP contribution >= 0.6 is 23.8 Å². The summed E-state index contributed by atoms with van der Waals surface area (Å²) in [5.74, 6) is 0.778. The molecule has 0 spiro atoms. The Bertz CT molecular complexity index is 828. The van der Waals surface area contributed by atoms with Crippen LogP contribution in [0.3, 0.4) is 0 Å². The molecule has 0 atom stereocenters. The number of hydrogen-bond donors (Lipinski definition) is 1. The largest absolute Gasteiger partial charge is 0.389 e. The number of halogens is 1. The van der Waals surface area contributed by atoms with Crippen LogP contribution in [0.4, 0.5) is 0 Å². The lowest BCUT2D eigenvalue weighted by Gasteiger charge is -2.11. The summed E-state index contributed by atoms with van der Waals surface area (Å²) in [6.45, 7) is 1.95. The minimum Gasteiger partial charge on any atom is -0.389 e. The lowest BCUT2D eigenvalue weighted by Crippen LogP contribution is -2.14. The van der Waals surface area contributed by atoms with Crippen molar-refractivity contribution in [1.82, 2.24) is 19.6 Å². The van der Waals surface area contributed by atoms with E-state index < -0.39 is 0 Å². The number of rotatable bonds is 3. The average Bonchev–Trinajstić information content (AvgIpc) is 2.92. The zero-order valence-electron chi connectivity index (χ0n) is 11.2. The second-order valence-corrected chi connectivity index (χ2v) is 5.28. The summed E-state index contributed by atoms with van der Waals surface area (Å²) in [6, 6.07) is 5.80. The highest BCUT2D eigenvalue weighted by atomic mass is 35.5. The van der Waals surface area contributed by atoms with E-state index in [4.69, 9.17) is 29.6 Å². The Morgan fingerprint density at radius 1 is 1.48 bits per heavy atom. The van der Waals surface area contributed by atoms with Crippen LogP contribution in [-0.2, 0) is 5.88 Å². The number of pyridine rings is 2. The molecule has 3 aromatic rings. The Morgan fingerprint density at radius 2 is 2.29 bits per heavy atom. The van der Waals surface area contributed by atoms with E-state index in [-0.39, 0.29) is 10.9 Å². The average molecular weight is 318 g/mol. The second kappa shape index (κ2) is 5.38. The summed E-state index contributed by atoms with van der Waals surface area (Å²) in [6.07, 6.45) is 3.49. The molecule has 0 unspecified atom stereocenters. The Morgan fingerprint density at radius 3 is 2.90 bits per heavy atom. The van der Waals surface area contributed by atoms with Gasteiger partial charge in [-0.15, -0.1) is 16.7 Å². The lowest BCUT2D eigenvalue weighted by molar-refractivity contribution is 0.886. The predicted octanol–water partition coefficient (Wildman–Crippen LogP) is 2.47. The maximum atomic E-state index is 5.92. The van der Waals surface area contributed by atoms with Crippen molar-refractivity contribution in [3.8, 4) is 11.1 Å². The number of thiocarbonyl (C=S) groups is 1. The molecule has 106 valence electrons. The Labute approximate surface area is 131 Å². The van der Waals surface area contributed by atoms with Crippen molar-refractivity contribution in [2.75, 3.05) is 0 Å². The third-order valence-corrected chi connectivity index (χ3v) is 3.61. The molecule has 0 saturated carbocycles. The third kappa shape index (κ3) is 2.36. The molecule has 3 heterocycles. The van der Waals surface area contributed by atoms with Gasteiger partial charge < -0.3 is 5.73 Å². The number of aryl methyl sites for hydroxylation is 1. The fourth-order valence-electron chi connectivity index (χ4n) is 2.27. The quantitative estimate of drug-likeness (QED) is 0.593. The monoisotopic (exact) mass is 317 g/mol. The van der Waals surface area contributed by atoms with E-state index in [1.165, 1.54) is 0 Å². The van der Waals surface area contributed by atoms with Gasteiger partial charge in [-0.2, -0.15) is 0 Å². The van der Waals surface area contributed by atoms with Gasteiger partial charge in [0.2, 0.25) is 0 Å². The molecule has 3 rings (SSSR count). The van der Waals surface area contributed by atoms with Gasteiger partial charge in [0.1, 0.15) is 4.99 Å². The fraction of sp³-hybridized carbons (Fsp3) is 0.143. The second-order valence-electron chi connectivity index (χ2n) is 4.58. The van der Waals surface area contributed by atoms with Crippen molar-refractivity contribution in [3.63, 3.8) is 0 Å². The van der Waals surface area contributed by atoms with Crippen LogP contribution in [0.1, 0.15) is 17.1 Å². The van der Waals surface area contributed by atoms with E-state index in [0.29, 0.717) is 17.0 Å². The highest BCUT2D eigenvalue weighted by Crippen LogP contribution is 2.27. The van der Waals surface area contributed by atoms with E-state index in [2.05, 4.69) is 15.1 Å². The number of hydrogen-bond acceptors (Lipinski definition) is 4. The Balaban J connectivity index is 2.39. The molecule has 0 fully saturated rings. The fourth-order valence-corrected chi connectivity index (χ4v) is 2.59. The molecule has 0 radical (unpaired) electrons. The number of nitrogens with zero attached hydrogens (tertiary/aromatic N) is 4. The minimum atomic E-state index is 0.236. The molecule has 0 aliphatic carbocycles. The topological polar surface area (TPSA) is 69.1 Å². The van der Waals surface area contributed by atoms with Crippen LogP contribution in [-0.4, -0.2) is 24.6 Å². The highest BCUT2D eigenvalue weighted by molar-refractivity contribution is 7.80. The van der Waals surface area contributed by atoms with Crippen LogP contribution in [0.25, 0.3) is 16.8 Å². The number of nitrogens with two attached hydrogens (primary N) is 1. The summed E-state index contributed by atoms with van der Waals surface area (Å²) in [5.41, 5.74) is 9.98. The highest BCUT2D eigenvalue weighted by Gasteiger charge is 2.17. The summed E-state index contributed by atoms with van der Waals surface area (Å²) in [4.78, 5) is 8.85. The molecule has 0 saturated heterocycles. The van der Waals surface area contributed by atoms with Crippen molar-refractivity contribution in [3.05, 3.63) is 47.7 Å². The van der Waals surface area contributed by atoms with Gasteiger partial charge in [-0.3, -0.25) is 4.98 Å². The van der Waals surface area contributed by atoms with E-state index in [1.807, 2.05) is 25.1 Å². The van der Waals surface area contributed by atoms with E-state index in [1.54, 1.807) is 16.9 Å². The zero-order valence-corrected chi connectivity index (χ0v) is 12.8. The molecular weight excluding hydrogens is 306 g/mol. The van der Waals surface area contributed by atoms with Crippen LogP contribution in [0.5, 0.6) is 0 Å². The first kappa shape index (κ1) is 13.9. The molecule has 0 aliphatic heterocycles. The molecule has 2 N–H and O–H groups in total. The standard InChI is InChI=1S/C14H12ClN5S/c1-8-5-10(9-3-2-4-17-7-9)12(13(16)21)14-18-11(6-15)19-20(8)14/h2-5,7H,6H2,1H3,(H2,16,21). The van der Waals surface area contributed by atoms with E-state index >= 15 is 0 Å². The number of fused-ring (bicyclic) bond motifs is 1. The van der Waals surface area contributed by atoms with Gasteiger partial charge in [-0.25, -0.2) is 9.50 Å². The van der Waals surface area contributed by atoms with Crippen LogP contribution in [0.15, 0.2) is 30.6 Å². The third-order valence-electron chi connectivity index (χ3n) is 3.17. The van der Waals surface area contributed by atoms with Gasteiger partial charge in [-0.05, 0) is 24.6 Å². The molecule has 7 heteroatoms. The van der Waals surface area contributed by atoms with Gasteiger partial charge in [0.15, 0.2) is 11.5 Å². The number of alkyl halides is 1. The van der Waals surface area contributed by atoms with Gasteiger partial charge in [0.25, 0.3) is 0 Å². The Kier molecular flexibility index (Phi) is 3.57. The zero-order chi connectivity index (χ0) is 15.0. The van der Waals surface area contributed by atoms with Crippen molar-refractivity contribution in [1.29, 1.82) is 0 Å². The van der Waals surface area contributed by atoms with Gasteiger partial charge in [-0.1, -0.05) is 18.3 Å². The summed E-state index contributed by atoms with van der Waals surface area (Å²) < 4.78 is 1.71. The molecule has 21 heavy (non-hydrogen) atoms. The molecule has 0 aliphatic rings. The number of aromatic nitrogens is 4. The van der Waals surface area contributed by atoms with E-state index in [9.17, 15) is 0 Å². The SMILES string of the molecule is Cc1cc(-c2cccnc2)c(C(N)=S)c2nc(CCl)nn12. The first-order valence-corrected chi connectivity index (χ1v) is 7.21. The first-order chi connectivity index (χ1) is 10.1. The molecule has 5 nitrogen and oxygen atoms in total. The molecular formula is C14H12ClN5S. The van der Waals surface area contributed by atoms with Gasteiger partial charge >= 0.3 is 0 Å². The maximum Gasteiger partial charge on any atom is 0.166 e. The van der Waals surface area contributed by atoms with Crippen molar-refractivity contribution < 1.29 is 0 Å². The molecule has 0 amide bonds. The summed E-state index contributed by atoms with van der Waals surface area (Å²) >= 11 is 11.0. The predicted molar refractivity (Wildman–Crippen MR) is 86.4 cm³/mol. The smallest absolute Gasteiger partial charge is 0.166 e. The summed E-state index contributed by atoms with van der Waals surface area (Å²) in [7, 11) is 0. The van der Waals surface area contributed by atoms with Crippen LogP contribution in [0.2, 0.25) is 0 Å². The molecule has 0 bridgehead atoms. The van der Waals surface area contributed by atoms with Gasteiger partial charge in [0, 0.05) is 23.7 Å². The van der Waals surface area contributed by atoms with Gasteiger partial charge in [0.05, 0.1) is 11.4 Å². The lowest BCUT2D eigenvalue weighted by atomic mass is 10.0. The van der Waals surface area contributed by atoms with E-state index in [0.717, 1.165) is 16.8 Å². The maximum absolute atomic E-state index is 5.92. The van der Waals surface area contributed by atoms with Crippen molar-refractivity contribution in [2.45, 2.75) is 12.8 Å². The summed E-state index contributed by atoms with van der Waals surface area (Å²) in [5, 5.41) is 4.35. The van der Waals surface area contributed by atoms with Crippen LogP contribution in [0, 0.1) is 6.92 Å². The Hall–Kier alpha value is -2.05.